The lowest BCUT2D eigenvalue weighted by atomic mass is 10.1. The van der Waals surface area contributed by atoms with Crippen molar-refractivity contribution in [1.29, 1.82) is 0 Å². The van der Waals surface area contributed by atoms with E-state index in [1.54, 1.807) is 33.1 Å². The largest absolute Gasteiger partial charge is 0.497 e. The van der Waals surface area contributed by atoms with Crippen molar-refractivity contribution >= 4 is 23.4 Å². The van der Waals surface area contributed by atoms with Crippen LogP contribution in [0.25, 0.3) is 0 Å². The fourth-order valence-electron chi connectivity index (χ4n) is 2.82. The van der Waals surface area contributed by atoms with Crippen molar-refractivity contribution in [3.63, 3.8) is 0 Å². The number of anilines is 1. The van der Waals surface area contributed by atoms with Crippen LogP contribution in [0.4, 0.5) is 5.69 Å². The molecular formula is C19H21NO4S. The van der Waals surface area contributed by atoms with Crippen LogP contribution in [0.3, 0.4) is 0 Å². The summed E-state index contributed by atoms with van der Waals surface area (Å²) in [6, 6.07) is 11.4. The molecule has 1 aliphatic heterocycles. The summed E-state index contributed by atoms with van der Waals surface area (Å²) in [5.74, 6) is 2.28. The molecular weight excluding hydrogens is 338 g/mol. The monoisotopic (exact) mass is 359 g/mol. The molecule has 1 unspecified atom stereocenters. The van der Waals surface area contributed by atoms with Crippen LogP contribution >= 0.6 is 11.8 Å². The molecule has 0 bridgehead atoms. The van der Waals surface area contributed by atoms with Crippen molar-refractivity contribution in [2.75, 3.05) is 26.2 Å². The highest BCUT2D eigenvalue weighted by Gasteiger charge is 2.31. The van der Waals surface area contributed by atoms with Crippen LogP contribution < -0.4 is 19.1 Å². The third kappa shape index (κ3) is 3.54. The quantitative estimate of drug-likeness (QED) is 0.814. The first kappa shape index (κ1) is 17.5. The van der Waals surface area contributed by atoms with Gasteiger partial charge in [0.2, 0.25) is 5.91 Å². The lowest BCUT2D eigenvalue weighted by Gasteiger charge is -2.32. The Hall–Kier alpha value is -2.34. The summed E-state index contributed by atoms with van der Waals surface area (Å²) in [5.41, 5.74) is 1.85. The van der Waals surface area contributed by atoms with Gasteiger partial charge in [-0.05, 0) is 42.8 Å². The number of rotatable bonds is 5. The number of thioether (sulfide) groups is 1. The second-order valence-electron chi connectivity index (χ2n) is 5.74. The molecule has 1 amide bonds. The molecule has 0 aromatic heterocycles. The molecule has 1 atom stereocenters. The van der Waals surface area contributed by atoms with E-state index in [1.165, 1.54) is 0 Å². The molecule has 5 nitrogen and oxygen atoms in total. The SMILES string of the molecule is COc1cc(CN2C(=O)C(C)Sc3cc(OC)ccc32)cc(OC)c1. The van der Waals surface area contributed by atoms with Crippen LogP contribution in [0.1, 0.15) is 12.5 Å². The maximum Gasteiger partial charge on any atom is 0.240 e. The molecule has 0 aliphatic carbocycles. The summed E-state index contributed by atoms with van der Waals surface area (Å²) in [5, 5.41) is -0.146. The number of hydrogen-bond acceptors (Lipinski definition) is 5. The van der Waals surface area contributed by atoms with E-state index in [2.05, 4.69) is 0 Å². The average Bonchev–Trinajstić information content (AvgIpc) is 2.64. The van der Waals surface area contributed by atoms with Crippen molar-refractivity contribution in [3.8, 4) is 17.2 Å². The van der Waals surface area contributed by atoms with Crippen LogP contribution in [0.2, 0.25) is 0 Å². The van der Waals surface area contributed by atoms with E-state index in [9.17, 15) is 4.79 Å². The Morgan fingerprint density at radius 1 is 0.960 bits per heavy atom. The molecule has 0 N–H and O–H groups in total. The Labute approximate surface area is 151 Å². The van der Waals surface area contributed by atoms with Gasteiger partial charge < -0.3 is 19.1 Å². The minimum absolute atomic E-state index is 0.0875. The second kappa shape index (κ2) is 7.27. The van der Waals surface area contributed by atoms with E-state index in [1.807, 2.05) is 48.2 Å². The second-order valence-corrected chi connectivity index (χ2v) is 7.12. The molecule has 1 heterocycles. The first-order valence-electron chi connectivity index (χ1n) is 7.93. The number of benzene rings is 2. The van der Waals surface area contributed by atoms with Gasteiger partial charge in [-0.3, -0.25) is 4.79 Å². The average molecular weight is 359 g/mol. The maximum absolute atomic E-state index is 12.8. The summed E-state index contributed by atoms with van der Waals surface area (Å²) in [4.78, 5) is 15.6. The minimum Gasteiger partial charge on any atom is -0.497 e. The van der Waals surface area contributed by atoms with E-state index in [-0.39, 0.29) is 11.2 Å². The van der Waals surface area contributed by atoms with Gasteiger partial charge >= 0.3 is 0 Å². The van der Waals surface area contributed by atoms with Gasteiger partial charge in [-0.15, -0.1) is 11.8 Å². The summed E-state index contributed by atoms with van der Waals surface area (Å²) in [6.07, 6.45) is 0. The van der Waals surface area contributed by atoms with Gasteiger partial charge in [0, 0.05) is 11.0 Å². The van der Waals surface area contributed by atoms with Crippen LogP contribution in [0.15, 0.2) is 41.3 Å². The highest BCUT2D eigenvalue weighted by atomic mass is 32.2. The highest BCUT2D eigenvalue weighted by molar-refractivity contribution is 8.01. The summed E-state index contributed by atoms with van der Waals surface area (Å²) in [6.45, 7) is 2.38. The Kier molecular flexibility index (Phi) is 5.08. The number of carbonyl (C=O) groups is 1. The van der Waals surface area contributed by atoms with Gasteiger partial charge in [0.05, 0.1) is 38.8 Å². The molecule has 132 valence electrons. The molecule has 0 saturated heterocycles. The first-order chi connectivity index (χ1) is 12.0. The van der Waals surface area contributed by atoms with Gasteiger partial charge in [0.1, 0.15) is 17.2 Å². The number of ether oxygens (including phenoxy) is 3. The van der Waals surface area contributed by atoms with Gasteiger partial charge in [-0.2, -0.15) is 0 Å². The molecule has 3 rings (SSSR count). The van der Waals surface area contributed by atoms with Crippen molar-refractivity contribution in [2.24, 2.45) is 0 Å². The molecule has 2 aromatic rings. The van der Waals surface area contributed by atoms with Crippen LogP contribution in [-0.2, 0) is 11.3 Å². The van der Waals surface area contributed by atoms with Crippen LogP contribution in [-0.4, -0.2) is 32.5 Å². The number of amides is 1. The van der Waals surface area contributed by atoms with Gasteiger partial charge in [-0.1, -0.05) is 0 Å². The van der Waals surface area contributed by atoms with Crippen molar-refractivity contribution in [3.05, 3.63) is 42.0 Å². The number of methoxy groups -OCH3 is 3. The van der Waals surface area contributed by atoms with Crippen LogP contribution in [0.5, 0.6) is 17.2 Å². The molecule has 0 fully saturated rings. The Balaban J connectivity index is 1.98. The first-order valence-corrected chi connectivity index (χ1v) is 8.81. The lowest BCUT2D eigenvalue weighted by Crippen LogP contribution is -2.39. The fraction of sp³-hybridized carbons (Fsp3) is 0.316. The number of carbonyl (C=O) groups excluding carboxylic acids is 1. The fourth-order valence-corrected chi connectivity index (χ4v) is 3.91. The van der Waals surface area contributed by atoms with Gasteiger partial charge in [0.25, 0.3) is 0 Å². The van der Waals surface area contributed by atoms with Crippen molar-refractivity contribution in [2.45, 2.75) is 23.6 Å². The molecule has 6 heteroatoms. The standard InChI is InChI=1S/C19H21NO4S/c1-12-19(21)20(17-6-5-14(22-2)10-18(17)25-12)11-13-7-15(23-3)9-16(8-13)24-4/h5-10,12H,11H2,1-4H3. The van der Waals surface area contributed by atoms with Crippen molar-refractivity contribution in [1.82, 2.24) is 0 Å². The van der Waals surface area contributed by atoms with Gasteiger partial charge in [-0.25, -0.2) is 0 Å². The lowest BCUT2D eigenvalue weighted by molar-refractivity contribution is -0.118. The third-order valence-electron chi connectivity index (χ3n) is 4.13. The summed E-state index contributed by atoms with van der Waals surface area (Å²) >= 11 is 1.56. The minimum atomic E-state index is -0.146. The zero-order valence-electron chi connectivity index (χ0n) is 14.7. The van der Waals surface area contributed by atoms with E-state index < -0.39 is 0 Å². The van der Waals surface area contributed by atoms with Crippen LogP contribution in [0, 0.1) is 0 Å². The predicted molar refractivity (Wildman–Crippen MR) is 99.0 cm³/mol. The zero-order chi connectivity index (χ0) is 18.0. The third-order valence-corrected chi connectivity index (χ3v) is 5.26. The highest BCUT2D eigenvalue weighted by Crippen LogP contribution is 2.42. The topological polar surface area (TPSA) is 48.0 Å². The summed E-state index contributed by atoms with van der Waals surface area (Å²) < 4.78 is 16.0. The number of hydrogen-bond donors (Lipinski definition) is 0. The predicted octanol–water partition coefficient (Wildman–Crippen LogP) is 3.74. The van der Waals surface area contributed by atoms with E-state index in [0.29, 0.717) is 18.0 Å². The molecule has 25 heavy (non-hydrogen) atoms. The molecule has 0 radical (unpaired) electrons. The van der Waals surface area contributed by atoms with Gasteiger partial charge in [0.15, 0.2) is 0 Å². The number of nitrogens with zero attached hydrogens (tertiary/aromatic N) is 1. The smallest absolute Gasteiger partial charge is 0.240 e. The number of fused-ring (bicyclic) bond motifs is 1. The summed E-state index contributed by atoms with van der Waals surface area (Å²) in [7, 11) is 4.87. The maximum atomic E-state index is 12.8. The molecule has 1 aliphatic rings. The Morgan fingerprint density at radius 2 is 1.60 bits per heavy atom. The Bertz CT molecular complexity index is 771. The molecule has 0 saturated carbocycles. The molecule has 0 spiro atoms. The van der Waals surface area contributed by atoms with E-state index in [4.69, 9.17) is 14.2 Å². The Morgan fingerprint density at radius 3 is 2.20 bits per heavy atom. The normalized spacial score (nSPS) is 16.4. The van der Waals surface area contributed by atoms with E-state index >= 15 is 0 Å². The van der Waals surface area contributed by atoms with E-state index in [0.717, 1.165) is 21.9 Å². The zero-order valence-corrected chi connectivity index (χ0v) is 15.6. The molecule has 2 aromatic carbocycles. The van der Waals surface area contributed by atoms with Crippen molar-refractivity contribution < 1.29 is 19.0 Å².